The molecule has 0 atom stereocenters. The first-order chi connectivity index (χ1) is 14.0. The lowest BCUT2D eigenvalue weighted by Crippen LogP contribution is -2.22. The highest BCUT2D eigenvalue weighted by atomic mass is 79.9. The Hall–Kier alpha value is -1.07. The Morgan fingerprint density at radius 2 is 1.23 bits per heavy atom. The van der Waals surface area contributed by atoms with E-state index in [1.54, 1.807) is 0 Å². The van der Waals surface area contributed by atoms with Gasteiger partial charge in [0.1, 0.15) is 6.61 Å². The summed E-state index contributed by atoms with van der Waals surface area (Å²) in [4.78, 5) is 2.82. The largest absolute Gasteiger partial charge is 0.388 e. The van der Waals surface area contributed by atoms with Crippen LogP contribution in [0.1, 0.15) is 11.6 Å². The minimum absolute atomic E-state index is 0.186. The van der Waals surface area contributed by atoms with Crippen LogP contribution in [0.15, 0.2) is 0 Å². The average Bonchev–Trinajstić information content (AvgIpc) is 3.30. The Balaban J connectivity index is 0.000000300. The summed E-state index contributed by atoms with van der Waals surface area (Å²) in [6.07, 6.45) is 0. The van der Waals surface area contributed by atoms with Crippen molar-refractivity contribution in [2.24, 2.45) is 0 Å². The number of nitrogens with zero attached hydrogens (tertiary/aromatic N) is 8. The normalized spacial score (nSPS) is 12.0. The van der Waals surface area contributed by atoms with Gasteiger partial charge in [-0.25, -0.2) is 0 Å². The van der Waals surface area contributed by atoms with E-state index in [9.17, 15) is 0 Å². The monoisotopic (exact) mass is 522 g/mol. The topological polar surface area (TPSA) is 126 Å². The van der Waals surface area contributed by atoms with E-state index in [0.29, 0.717) is 30.4 Å². The van der Waals surface area contributed by atoms with Crippen LogP contribution in [0.3, 0.4) is 0 Å². The van der Waals surface area contributed by atoms with E-state index in [1.807, 2.05) is 0 Å². The molecule has 2 heterocycles. The van der Waals surface area contributed by atoms with Gasteiger partial charge in [0, 0.05) is 29.4 Å². The molecule has 14 heteroatoms. The lowest BCUT2D eigenvalue weighted by Gasteiger charge is -2.14. The van der Waals surface area contributed by atoms with Gasteiger partial charge in [-0.1, -0.05) is 55.2 Å². The van der Waals surface area contributed by atoms with Gasteiger partial charge in [0.05, 0.1) is 5.33 Å². The van der Waals surface area contributed by atoms with Crippen LogP contribution in [0.5, 0.6) is 0 Å². The SMILES string of the molecule is C[Si](C)(C)CCOCn1nnc(CBr)n1.C[Si](C)(C)CCOCn1nnc(CO)n1. The summed E-state index contributed by atoms with van der Waals surface area (Å²) in [5, 5.41) is 32.4. The lowest BCUT2D eigenvalue weighted by atomic mass is 10.7. The van der Waals surface area contributed by atoms with Crippen molar-refractivity contribution in [2.45, 2.75) is 76.8 Å². The first-order valence-corrected chi connectivity index (χ1v) is 18.4. The number of halogens is 1. The van der Waals surface area contributed by atoms with E-state index >= 15 is 0 Å². The third kappa shape index (κ3) is 13.3. The summed E-state index contributed by atoms with van der Waals surface area (Å²) in [5.41, 5.74) is 0. The quantitative estimate of drug-likeness (QED) is 0.253. The van der Waals surface area contributed by atoms with E-state index in [1.165, 1.54) is 9.59 Å². The van der Waals surface area contributed by atoms with E-state index in [2.05, 4.69) is 86.0 Å². The maximum atomic E-state index is 8.72. The van der Waals surface area contributed by atoms with Gasteiger partial charge in [-0.2, -0.15) is 0 Å². The zero-order valence-corrected chi connectivity index (χ0v) is 22.5. The van der Waals surface area contributed by atoms with Crippen LogP contribution in [-0.2, 0) is 34.9 Å². The molecule has 0 bridgehead atoms. The minimum Gasteiger partial charge on any atom is -0.388 e. The zero-order chi connectivity index (χ0) is 22.6. The second kappa shape index (κ2) is 13.4. The molecule has 30 heavy (non-hydrogen) atoms. The van der Waals surface area contributed by atoms with Gasteiger partial charge in [-0.3, -0.25) is 0 Å². The van der Waals surface area contributed by atoms with Crippen molar-refractivity contribution < 1.29 is 14.6 Å². The molecule has 2 aromatic heterocycles. The number of aromatic nitrogens is 8. The number of hydrogen-bond acceptors (Lipinski definition) is 9. The number of hydrogen-bond donors (Lipinski definition) is 1. The van der Waals surface area contributed by atoms with Crippen LogP contribution >= 0.6 is 15.9 Å². The summed E-state index contributed by atoms with van der Waals surface area (Å²) >= 11 is 3.27. The number of alkyl halides is 1. The maximum absolute atomic E-state index is 8.72. The van der Waals surface area contributed by atoms with Crippen molar-refractivity contribution >= 4 is 32.1 Å². The van der Waals surface area contributed by atoms with Crippen molar-refractivity contribution in [3.05, 3.63) is 11.6 Å². The van der Waals surface area contributed by atoms with Crippen molar-refractivity contribution in [1.82, 2.24) is 40.4 Å². The van der Waals surface area contributed by atoms with Gasteiger partial charge in [-0.15, -0.1) is 30.0 Å². The highest BCUT2D eigenvalue weighted by Crippen LogP contribution is 2.08. The highest BCUT2D eigenvalue weighted by molar-refractivity contribution is 9.08. The number of aliphatic hydroxyl groups is 1. The van der Waals surface area contributed by atoms with E-state index < -0.39 is 16.1 Å². The number of tetrazole rings is 2. The van der Waals surface area contributed by atoms with E-state index in [0.717, 1.165) is 25.3 Å². The highest BCUT2D eigenvalue weighted by Gasteiger charge is 2.13. The summed E-state index contributed by atoms with van der Waals surface area (Å²) in [6.45, 7) is 15.9. The summed E-state index contributed by atoms with van der Waals surface area (Å²) in [6, 6.07) is 2.28. The molecule has 1 N–H and O–H groups in total. The molecular formula is C16H35BrN8O3Si2. The van der Waals surface area contributed by atoms with Gasteiger partial charge in [0.25, 0.3) is 0 Å². The molecule has 11 nitrogen and oxygen atoms in total. The Labute approximate surface area is 188 Å². The Kier molecular flexibility index (Phi) is 12.0. The molecule has 0 amide bonds. The molecule has 0 saturated heterocycles. The van der Waals surface area contributed by atoms with Crippen LogP contribution in [-0.4, -0.2) is 74.9 Å². The van der Waals surface area contributed by atoms with Crippen LogP contribution in [0.4, 0.5) is 0 Å². The molecule has 0 aliphatic carbocycles. The van der Waals surface area contributed by atoms with Gasteiger partial charge >= 0.3 is 0 Å². The Morgan fingerprint density at radius 3 is 1.57 bits per heavy atom. The predicted molar refractivity (Wildman–Crippen MR) is 122 cm³/mol. The second-order valence-corrected chi connectivity index (χ2v) is 20.9. The van der Waals surface area contributed by atoms with Gasteiger partial charge in [0.2, 0.25) is 0 Å². The molecule has 172 valence electrons. The Bertz CT molecular complexity index is 658. The van der Waals surface area contributed by atoms with Crippen molar-refractivity contribution in [3.8, 4) is 0 Å². The third-order valence-electron chi connectivity index (χ3n) is 3.66. The number of ether oxygens (including phenoxy) is 2. The molecule has 0 radical (unpaired) electrons. The predicted octanol–water partition coefficient (Wildman–Crippen LogP) is 2.36. The van der Waals surface area contributed by atoms with Crippen molar-refractivity contribution in [2.75, 3.05) is 13.2 Å². The van der Waals surface area contributed by atoms with Crippen LogP contribution < -0.4 is 0 Å². The van der Waals surface area contributed by atoms with Crippen molar-refractivity contribution in [1.29, 1.82) is 0 Å². The second-order valence-electron chi connectivity index (χ2n) is 9.14. The van der Waals surface area contributed by atoms with Crippen LogP contribution in [0.25, 0.3) is 0 Å². The van der Waals surface area contributed by atoms with Crippen molar-refractivity contribution in [3.63, 3.8) is 0 Å². The lowest BCUT2D eigenvalue weighted by molar-refractivity contribution is 0.0669. The maximum Gasteiger partial charge on any atom is 0.200 e. The minimum atomic E-state index is -1.03. The molecule has 0 aliphatic rings. The molecule has 0 fully saturated rings. The summed E-state index contributed by atoms with van der Waals surface area (Å²) in [7, 11) is -2.02. The molecule has 2 aromatic rings. The molecule has 0 aromatic carbocycles. The van der Waals surface area contributed by atoms with Gasteiger partial charge in [-0.05, 0) is 22.5 Å². The van der Waals surface area contributed by atoms with Gasteiger partial charge in [0.15, 0.2) is 25.1 Å². The standard InChI is InChI=1S/C8H17BrN4OSi.C8H18N4O2Si/c1-15(2,3)5-4-14-7-13-11-8(6-9)10-12-13;1-15(2,3)5-4-14-7-12-10-8(6-13)9-11-12/h4-7H2,1-3H3;13H,4-7H2,1-3H3. The molecule has 0 unspecified atom stereocenters. The number of rotatable bonds is 12. The first kappa shape index (κ1) is 27.0. The third-order valence-corrected chi connectivity index (χ3v) is 7.57. The zero-order valence-electron chi connectivity index (χ0n) is 18.9. The average molecular weight is 524 g/mol. The van der Waals surface area contributed by atoms with E-state index in [4.69, 9.17) is 14.6 Å². The fraction of sp³-hybridized carbons (Fsp3) is 0.875. The van der Waals surface area contributed by atoms with Gasteiger partial charge < -0.3 is 14.6 Å². The smallest absolute Gasteiger partial charge is 0.200 e. The summed E-state index contributed by atoms with van der Waals surface area (Å²) in [5.74, 6) is 1.01. The molecular weight excluding hydrogens is 488 g/mol. The fourth-order valence-electron chi connectivity index (χ4n) is 1.83. The van der Waals surface area contributed by atoms with Crippen LogP contribution in [0.2, 0.25) is 51.4 Å². The van der Waals surface area contributed by atoms with E-state index in [-0.39, 0.29) is 6.61 Å². The Morgan fingerprint density at radius 1 is 0.800 bits per heavy atom. The first-order valence-electron chi connectivity index (χ1n) is 9.88. The van der Waals surface area contributed by atoms with Crippen LogP contribution in [0, 0.1) is 0 Å². The molecule has 0 spiro atoms. The molecule has 0 aliphatic heterocycles. The molecule has 0 saturated carbocycles. The number of aliphatic hydroxyl groups excluding tert-OH is 1. The molecule has 2 rings (SSSR count). The fourth-order valence-corrected chi connectivity index (χ4v) is 3.57. The summed E-state index contributed by atoms with van der Waals surface area (Å²) < 4.78 is 10.9.